The van der Waals surface area contributed by atoms with Gasteiger partial charge in [-0.1, -0.05) is 12.1 Å². The number of rotatable bonds is 6. The number of nitrogens with zero attached hydrogens (tertiary/aromatic N) is 1. The Bertz CT molecular complexity index is 895. The topological polar surface area (TPSA) is 83.6 Å². The molecule has 0 fully saturated rings. The zero-order chi connectivity index (χ0) is 18.6. The molecule has 0 aliphatic heterocycles. The quantitative estimate of drug-likeness (QED) is 0.798. The van der Waals surface area contributed by atoms with Crippen LogP contribution in [0.3, 0.4) is 0 Å². The van der Waals surface area contributed by atoms with Crippen molar-refractivity contribution in [3.63, 3.8) is 0 Å². The normalized spacial score (nSPS) is 11.0. The molecule has 132 valence electrons. The van der Waals surface area contributed by atoms with Crippen molar-refractivity contribution in [3.05, 3.63) is 59.9 Å². The molecule has 0 unspecified atom stereocenters. The van der Waals surface area contributed by atoms with Gasteiger partial charge in [-0.15, -0.1) is 0 Å². The third-order valence-electron chi connectivity index (χ3n) is 3.38. The number of benzene rings is 2. The molecule has 0 heterocycles. The SMILES string of the molecule is CC(=O)c1ccc(NC(=O)CN(c2ccccc2F)S(C)(=O)=O)cc1. The van der Waals surface area contributed by atoms with Crippen LogP contribution in [-0.4, -0.2) is 32.9 Å². The molecule has 8 heteroatoms. The number of nitrogens with one attached hydrogen (secondary N) is 1. The first kappa shape index (κ1) is 18.6. The number of hydrogen-bond acceptors (Lipinski definition) is 4. The Morgan fingerprint density at radius 2 is 1.68 bits per heavy atom. The lowest BCUT2D eigenvalue weighted by molar-refractivity contribution is -0.114. The molecule has 0 bridgehead atoms. The van der Waals surface area contributed by atoms with E-state index >= 15 is 0 Å². The van der Waals surface area contributed by atoms with E-state index in [0.717, 1.165) is 12.3 Å². The molecular formula is C17H17FN2O4S. The fourth-order valence-corrected chi connectivity index (χ4v) is 3.01. The number of carbonyl (C=O) groups excluding carboxylic acids is 2. The van der Waals surface area contributed by atoms with E-state index in [1.54, 1.807) is 12.1 Å². The molecule has 1 amide bonds. The summed E-state index contributed by atoms with van der Waals surface area (Å²) in [6.07, 6.45) is 0.897. The lowest BCUT2D eigenvalue weighted by atomic mass is 10.1. The number of sulfonamides is 1. The van der Waals surface area contributed by atoms with Crippen molar-refractivity contribution in [1.29, 1.82) is 0 Å². The van der Waals surface area contributed by atoms with Gasteiger partial charge in [0.1, 0.15) is 12.4 Å². The largest absolute Gasteiger partial charge is 0.325 e. The highest BCUT2D eigenvalue weighted by Gasteiger charge is 2.23. The van der Waals surface area contributed by atoms with Gasteiger partial charge in [0, 0.05) is 11.3 Å². The zero-order valence-corrected chi connectivity index (χ0v) is 14.5. The van der Waals surface area contributed by atoms with E-state index in [9.17, 15) is 22.4 Å². The molecule has 0 aliphatic rings. The molecule has 2 rings (SSSR count). The standard InChI is InChI=1S/C17H17FN2O4S/c1-12(21)13-7-9-14(10-8-13)19-17(22)11-20(25(2,23)24)16-6-4-3-5-15(16)18/h3-10H,11H2,1-2H3,(H,19,22). The van der Waals surface area contributed by atoms with Crippen LogP contribution in [-0.2, 0) is 14.8 Å². The molecule has 2 aromatic carbocycles. The van der Waals surface area contributed by atoms with Gasteiger partial charge >= 0.3 is 0 Å². The van der Waals surface area contributed by atoms with Gasteiger partial charge in [0.25, 0.3) is 0 Å². The molecule has 0 spiro atoms. The summed E-state index contributed by atoms with van der Waals surface area (Å²) < 4.78 is 38.5. The van der Waals surface area contributed by atoms with E-state index < -0.39 is 28.3 Å². The van der Waals surface area contributed by atoms with Crippen molar-refractivity contribution in [2.75, 3.05) is 22.4 Å². The summed E-state index contributed by atoms with van der Waals surface area (Å²) in [5, 5.41) is 2.52. The van der Waals surface area contributed by atoms with Crippen LogP contribution in [0.15, 0.2) is 48.5 Å². The Labute approximate surface area is 145 Å². The van der Waals surface area contributed by atoms with E-state index in [0.29, 0.717) is 15.6 Å². The third-order valence-corrected chi connectivity index (χ3v) is 4.51. The minimum Gasteiger partial charge on any atom is -0.325 e. The predicted molar refractivity (Wildman–Crippen MR) is 93.7 cm³/mol. The van der Waals surface area contributed by atoms with Gasteiger partial charge in [-0.05, 0) is 43.3 Å². The number of hydrogen-bond donors (Lipinski definition) is 1. The Morgan fingerprint density at radius 3 is 2.20 bits per heavy atom. The van der Waals surface area contributed by atoms with E-state index in [2.05, 4.69) is 5.32 Å². The van der Waals surface area contributed by atoms with Crippen molar-refractivity contribution < 1.29 is 22.4 Å². The van der Waals surface area contributed by atoms with Gasteiger partial charge in [-0.3, -0.25) is 13.9 Å². The summed E-state index contributed by atoms with van der Waals surface area (Å²) in [4.78, 5) is 23.4. The highest BCUT2D eigenvalue weighted by molar-refractivity contribution is 7.92. The van der Waals surface area contributed by atoms with E-state index in [-0.39, 0.29) is 11.5 Å². The minimum atomic E-state index is -3.86. The molecule has 0 saturated heterocycles. The molecule has 1 N–H and O–H groups in total. The van der Waals surface area contributed by atoms with Gasteiger partial charge in [0.2, 0.25) is 15.9 Å². The van der Waals surface area contributed by atoms with Crippen molar-refractivity contribution in [2.45, 2.75) is 6.92 Å². The highest BCUT2D eigenvalue weighted by atomic mass is 32.2. The second kappa shape index (κ2) is 7.43. The minimum absolute atomic E-state index is 0.110. The van der Waals surface area contributed by atoms with Crippen molar-refractivity contribution in [1.82, 2.24) is 0 Å². The van der Waals surface area contributed by atoms with Crippen LogP contribution in [0.4, 0.5) is 15.8 Å². The summed E-state index contributed by atoms with van der Waals surface area (Å²) in [7, 11) is -3.86. The average molecular weight is 364 g/mol. The van der Waals surface area contributed by atoms with E-state index in [4.69, 9.17) is 0 Å². The van der Waals surface area contributed by atoms with Gasteiger partial charge in [0.05, 0.1) is 11.9 Å². The number of para-hydroxylation sites is 1. The average Bonchev–Trinajstić information content (AvgIpc) is 2.53. The van der Waals surface area contributed by atoms with E-state index in [1.807, 2.05) is 0 Å². The van der Waals surface area contributed by atoms with Crippen LogP contribution in [0.25, 0.3) is 0 Å². The Morgan fingerprint density at radius 1 is 1.08 bits per heavy atom. The number of Topliss-reactive ketones (excluding diaryl/α,β-unsaturated/α-hetero) is 1. The van der Waals surface area contributed by atoms with Gasteiger partial charge in [-0.25, -0.2) is 12.8 Å². The Balaban J connectivity index is 2.18. The maximum Gasteiger partial charge on any atom is 0.245 e. The Hall–Kier alpha value is -2.74. The van der Waals surface area contributed by atoms with E-state index in [1.165, 1.54) is 37.3 Å². The monoisotopic (exact) mass is 364 g/mol. The number of halogens is 1. The highest BCUT2D eigenvalue weighted by Crippen LogP contribution is 2.21. The molecule has 2 aromatic rings. The smallest absolute Gasteiger partial charge is 0.245 e. The first-order valence-corrected chi connectivity index (χ1v) is 9.16. The number of carbonyl (C=O) groups is 2. The molecule has 0 aliphatic carbocycles. The molecule has 0 atom stereocenters. The number of ketones is 1. The summed E-state index contributed by atoms with van der Waals surface area (Å²) in [5.74, 6) is -1.49. The first-order chi connectivity index (χ1) is 11.7. The summed E-state index contributed by atoms with van der Waals surface area (Å²) in [6.45, 7) is 0.847. The van der Waals surface area contributed by atoms with Gasteiger partial charge in [0.15, 0.2) is 5.78 Å². The van der Waals surface area contributed by atoms with Crippen LogP contribution in [0.1, 0.15) is 17.3 Å². The predicted octanol–water partition coefficient (Wildman–Crippen LogP) is 2.43. The fraction of sp³-hybridized carbons (Fsp3) is 0.176. The van der Waals surface area contributed by atoms with Crippen LogP contribution >= 0.6 is 0 Å². The maximum atomic E-state index is 13.9. The second-order valence-corrected chi connectivity index (χ2v) is 7.31. The molecular weight excluding hydrogens is 347 g/mol. The van der Waals surface area contributed by atoms with Gasteiger partial charge in [-0.2, -0.15) is 0 Å². The number of anilines is 2. The molecule has 0 saturated carbocycles. The molecule has 25 heavy (non-hydrogen) atoms. The van der Waals surface area contributed by atoms with Crippen LogP contribution in [0.2, 0.25) is 0 Å². The zero-order valence-electron chi connectivity index (χ0n) is 13.7. The van der Waals surface area contributed by atoms with Crippen LogP contribution in [0, 0.1) is 5.82 Å². The number of amides is 1. The Kier molecular flexibility index (Phi) is 5.53. The summed E-state index contributed by atoms with van der Waals surface area (Å²) >= 11 is 0. The fourth-order valence-electron chi connectivity index (χ4n) is 2.15. The van der Waals surface area contributed by atoms with Crippen LogP contribution < -0.4 is 9.62 Å². The second-order valence-electron chi connectivity index (χ2n) is 5.40. The van der Waals surface area contributed by atoms with Gasteiger partial charge < -0.3 is 5.32 Å². The van der Waals surface area contributed by atoms with Crippen molar-refractivity contribution >= 4 is 33.1 Å². The molecule has 0 aromatic heterocycles. The maximum absolute atomic E-state index is 13.9. The van der Waals surface area contributed by atoms with Crippen LogP contribution in [0.5, 0.6) is 0 Å². The first-order valence-electron chi connectivity index (χ1n) is 7.31. The van der Waals surface area contributed by atoms with Crippen molar-refractivity contribution in [3.8, 4) is 0 Å². The lowest BCUT2D eigenvalue weighted by Crippen LogP contribution is -2.38. The lowest BCUT2D eigenvalue weighted by Gasteiger charge is -2.22. The molecule has 6 nitrogen and oxygen atoms in total. The summed E-state index contributed by atoms with van der Waals surface area (Å²) in [5.41, 5.74) is 0.686. The third kappa shape index (κ3) is 4.87. The summed E-state index contributed by atoms with van der Waals surface area (Å²) in [6, 6.07) is 11.5. The van der Waals surface area contributed by atoms with Crippen molar-refractivity contribution in [2.24, 2.45) is 0 Å². The molecule has 0 radical (unpaired) electrons.